The smallest absolute Gasteiger partial charge is 0.253 e. The molecule has 0 saturated carbocycles. The van der Waals surface area contributed by atoms with Crippen LogP contribution in [0.4, 0.5) is 0 Å². The van der Waals surface area contributed by atoms with E-state index in [9.17, 15) is 4.79 Å². The third-order valence-corrected chi connectivity index (χ3v) is 7.58. The number of aryl methyl sites for hydroxylation is 1. The van der Waals surface area contributed by atoms with E-state index in [1.165, 1.54) is 11.8 Å². The Kier molecular flexibility index (Phi) is 6.97. The number of imidazole rings is 1. The number of aromatic nitrogens is 2. The lowest BCUT2D eigenvalue weighted by molar-refractivity contribution is -0.130. The molecule has 9 heteroatoms. The fraction of sp³-hybridized carbons (Fsp3) is 0.423. The number of carbonyl (C=O) groups excluding carboxylic acids is 1. The Hall–Kier alpha value is -3.04. The summed E-state index contributed by atoms with van der Waals surface area (Å²) >= 11 is 1.45. The molecule has 0 N–H and O–H groups in total. The van der Waals surface area contributed by atoms with Crippen LogP contribution >= 0.6 is 11.8 Å². The molecule has 1 aromatic carbocycles. The van der Waals surface area contributed by atoms with Crippen LogP contribution in [0.3, 0.4) is 0 Å². The quantitative estimate of drug-likeness (QED) is 0.420. The van der Waals surface area contributed by atoms with Crippen LogP contribution in [0.2, 0.25) is 0 Å². The first-order chi connectivity index (χ1) is 17.0. The molecule has 0 radical (unpaired) electrons. The van der Waals surface area contributed by atoms with Crippen LogP contribution in [-0.4, -0.2) is 51.8 Å². The first-order valence-electron chi connectivity index (χ1n) is 11.9. The van der Waals surface area contributed by atoms with Crippen molar-refractivity contribution >= 4 is 23.4 Å². The maximum Gasteiger partial charge on any atom is 0.253 e. The Morgan fingerprint density at radius 3 is 2.74 bits per heavy atom. The van der Waals surface area contributed by atoms with E-state index in [1.54, 1.807) is 18.4 Å². The van der Waals surface area contributed by atoms with Gasteiger partial charge in [-0.3, -0.25) is 4.79 Å². The van der Waals surface area contributed by atoms with E-state index in [2.05, 4.69) is 11.5 Å². The second-order valence-corrected chi connectivity index (χ2v) is 9.79. The van der Waals surface area contributed by atoms with Gasteiger partial charge in [-0.1, -0.05) is 11.8 Å². The number of amides is 1. The summed E-state index contributed by atoms with van der Waals surface area (Å²) in [6.07, 6.45) is 4.57. The minimum atomic E-state index is -0.273. The van der Waals surface area contributed by atoms with E-state index in [0.29, 0.717) is 6.42 Å². The van der Waals surface area contributed by atoms with Crippen LogP contribution in [0.5, 0.6) is 5.75 Å². The highest BCUT2D eigenvalue weighted by Gasteiger charge is 2.35. The maximum absolute atomic E-state index is 13.4. The highest BCUT2D eigenvalue weighted by Crippen LogP contribution is 2.34. The molecular weight excluding hydrogens is 464 g/mol. The van der Waals surface area contributed by atoms with E-state index in [0.717, 1.165) is 65.3 Å². The van der Waals surface area contributed by atoms with Gasteiger partial charge in [0.1, 0.15) is 17.6 Å². The zero-order valence-electron chi connectivity index (χ0n) is 20.3. The number of thioether (sulfide) groups is 1. The fourth-order valence-electron chi connectivity index (χ4n) is 4.53. The molecule has 35 heavy (non-hydrogen) atoms. The van der Waals surface area contributed by atoms with E-state index in [-0.39, 0.29) is 23.8 Å². The van der Waals surface area contributed by atoms with Crippen molar-refractivity contribution in [3.63, 3.8) is 0 Å². The summed E-state index contributed by atoms with van der Waals surface area (Å²) in [4.78, 5) is 18.2. The molecule has 2 atom stereocenters. The van der Waals surface area contributed by atoms with E-state index in [4.69, 9.17) is 24.0 Å². The average Bonchev–Trinajstić information content (AvgIpc) is 3.68. The predicted octanol–water partition coefficient (Wildman–Crippen LogP) is 4.75. The van der Waals surface area contributed by atoms with Gasteiger partial charge in [-0.15, -0.1) is 0 Å². The highest BCUT2D eigenvalue weighted by molar-refractivity contribution is 7.99. The van der Waals surface area contributed by atoms with Crippen molar-refractivity contribution in [1.29, 1.82) is 0 Å². The molecule has 0 unspecified atom stereocenters. The number of hydrogen-bond acceptors (Lipinski definition) is 7. The molecule has 184 valence electrons. The molecule has 8 nitrogen and oxygen atoms in total. The van der Waals surface area contributed by atoms with Gasteiger partial charge in [0, 0.05) is 18.7 Å². The monoisotopic (exact) mass is 494 g/mol. The molecule has 0 bridgehead atoms. The first kappa shape index (κ1) is 23.7. The maximum atomic E-state index is 13.4. The third kappa shape index (κ3) is 5.01. The number of ether oxygens (including phenoxy) is 2. The van der Waals surface area contributed by atoms with Gasteiger partial charge in [0.15, 0.2) is 5.16 Å². The fourth-order valence-corrected chi connectivity index (χ4v) is 5.49. The Morgan fingerprint density at radius 2 is 2.06 bits per heavy atom. The molecule has 0 aliphatic carbocycles. The molecule has 2 aliphatic rings. The van der Waals surface area contributed by atoms with Crippen LogP contribution in [0, 0.1) is 13.8 Å². The predicted molar refractivity (Wildman–Crippen MR) is 134 cm³/mol. The molecule has 4 heterocycles. The summed E-state index contributed by atoms with van der Waals surface area (Å²) in [5, 5.41) is 7.14. The molecule has 2 aromatic heterocycles. The van der Waals surface area contributed by atoms with E-state index in [1.807, 2.05) is 43.3 Å². The van der Waals surface area contributed by atoms with Crippen LogP contribution in [0.25, 0.3) is 0 Å². The van der Waals surface area contributed by atoms with E-state index >= 15 is 0 Å². The van der Waals surface area contributed by atoms with Crippen molar-refractivity contribution in [1.82, 2.24) is 14.6 Å². The number of hydrogen-bond donors (Lipinski definition) is 0. The van der Waals surface area contributed by atoms with Crippen molar-refractivity contribution in [2.24, 2.45) is 5.10 Å². The Morgan fingerprint density at radius 1 is 1.23 bits per heavy atom. The summed E-state index contributed by atoms with van der Waals surface area (Å²) in [5.41, 5.74) is 3.90. The van der Waals surface area contributed by atoms with Gasteiger partial charge < -0.3 is 18.5 Å². The molecule has 1 saturated heterocycles. The zero-order valence-corrected chi connectivity index (χ0v) is 21.1. The lowest BCUT2D eigenvalue weighted by Crippen LogP contribution is -2.28. The number of benzene rings is 1. The van der Waals surface area contributed by atoms with Gasteiger partial charge in [0.2, 0.25) is 0 Å². The number of rotatable bonds is 8. The SMILES string of the molecule is COc1ccc(C2=NN(C(=O)CSc3nc(C)c(C)n3C[C@H]3CCCO3)[C@H](c3ccco3)C2)cc1. The minimum Gasteiger partial charge on any atom is -0.497 e. The van der Waals surface area contributed by atoms with Gasteiger partial charge in [-0.25, -0.2) is 9.99 Å². The van der Waals surface area contributed by atoms with Gasteiger partial charge in [0.05, 0.1) is 43.2 Å². The summed E-state index contributed by atoms with van der Waals surface area (Å²) in [5.74, 6) is 1.66. The minimum absolute atomic E-state index is 0.0816. The van der Waals surface area contributed by atoms with Gasteiger partial charge in [-0.05, 0) is 68.7 Å². The molecule has 1 amide bonds. The molecule has 2 aliphatic heterocycles. The number of methoxy groups -OCH3 is 1. The Labute approximate surface area is 209 Å². The standard InChI is InChI=1S/C26H30N4O4S/c1-17-18(2)29(15-21-6-4-12-33-21)26(27-17)35-16-25(31)30-23(24-7-5-13-34-24)14-22(28-30)19-8-10-20(32-3)11-9-19/h5,7-11,13,21,23H,4,6,12,14-16H2,1-3H3/t21-,23+/m1/s1. The summed E-state index contributed by atoms with van der Waals surface area (Å²) in [6, 6.07) is 11.2. The van der Waals surface area contributed by atoms with Crippen LogP contribution in [0.1, 0.15) is 48.0 Å². The lowest BCUT2D eigenvalue weighted by atomic mass is 10.0. The van der Waals surface area contributed by atoms with Crippen molar-refractivity contribution in [2.75, 3.05) is 19.5 Å². The summed E-state index contributed by atoms with van der Waals surface area (Å²) in [6.45, 7) is 5.66. The number of hydrazone groups is 1. The van der Waals surface area contributed by atoms with E-state index < -0.39 is 0 Å². The molecule has 3 aromatic rings. The van der Waals surface area contributed by atoms with Gasteiger partial charge >= 0.3 is 0 Å². The second-order valence-electron chi connectivity index (χ2n) is 8.85. The number of nitrogens with zero attached hydrogens (tertiary/aromatic N) is 4. The average molecular weight is 495 g/mol. The molecule has 0 spiro atoms. The number of carbonyl (C=O) groups is 1. The zero-order chi connectivity index (χ0) is 24.4. The molecular formula is C26H30N4O4S. The Bertz CT molecular complexity index is 1200. The van der Waals surface area contributed by atoms with Crippen LogP contribution in [0.15, 0.2) is 57.3 Å². The van der Waals surface area contributed by atoms with Crippen LogP contribution < -0.4 is 4.74 Å². The summed E-state index contributed by atoms with van der Waals surface area (Å²) < 4.78 is 19.0. The van der Waals surface area contributed by atoms with Crippen LogP contribution in [-0.2, 0) is 16.1 Å². The van der Waals surface area contributed by atoms with Crippen molar-refractivity contribution < 1.29 is 18.7 Å². The second kappa shape index (κ2) is 10.3. The molecule has 1 fully saturated rings. The Balaban J connectivity index is 1.34. The first-order valence-corrected chi connectivity index (χ1v) is 12.9. The largest absolute Gasteiger partial charge is 0.497 e. The third-order valence-electron chi connectivity index (χ3n) is 6.62. The topological polar surface area (TPSA) is 82.1 Å². The normalized spacial score (nSPS) is 19.9. The lowest BCUT2D eigenvalue weighted by Gasteiger charge is -2.20. The molecule has 5 rings (SSSR count). The highest BCUT2D eigenvalue weighted by atomic mass is 32.2. The van der Waals surface area contributed by atoms with Crippen molar-refractivity contribution in [3.05, 3.63) is 65.4 Å². The summed E-state index contributed by atoms with van der Waals surface area (Å²) in [7, 11) is 1.64. The van der Waals surface area contributed by atoms with Crippen molar-refractivity contribution in [3.8, 4) is 5.75 Å². The van der Waals surface area contributed by atoms with Gasteiger partial charge in [-0.2, -0.15) is 5.10 Å². The number of furan rings is 1. The van der Waals surface area contributed by atoms with Crippen molar-refractivity contribution in [2.45, 2.75) is 57.0 Å². The van der Waals surface area contributed by atoms with Gasteiger partial charge in [0.25, 0.3) is 5.91 Å².